The highest BCUT2D eigenvalue weighted by Gasteiger charge is 2.42. The van der Waals surface area contributed by atoms with E-state index in [0.29, 0.717) is 6.42 Å². The summed E-state index contributed by atoms with van der Waals surface area (Å²) in [4.78, 5) is 19.7. The summed E-state index contributed by atoms with van der Waals surface area (Å²) < 4.78 is 1.98. The van der Waals surface area contributed by atoms with Gasteiger partial charge < -0.3 is 19.7 Å². The zero-order chi connectivity index (χ0) is 20.9. The second kappa shape index (κ2) is 7.25. The normalized spacial score (nSPS) is 26.9. The molecule has 0 unspecified atom stereocenters. The molecule has 2 aliphatic heterocycles. The zero-order valence-corrected chi connectivity index (χ0v) is 17.0. The Morgan fingerprint density at radius 3 is 3.00 bits per heavy atom. The van der Waals surface area contributed by atoms with E-state index in [1.165, 1.54) is 11.9 Å². The number of aromatic nitrogens is 3. The van der Waals surface area contributed by atoms with E-state index in [-0.39, 0.29) is 12.0 Å². The Bertz CT molecular complexity index is 1200. The van der Waals surface area contributed by atoms with Gasteiger partial charge >= 0.3 is 0 Å². The molecule has 2 aromatic heterocycles. The van der Waals surface area contributed by atoms with Crippen molar-refractivity contribution in [1.82, 2.24) is 19.4 Å². The summed E-state index contributed by atoms with van der Waals surface area (Å²) in [5.41, 5.74) is 4.02. The summed E-state index contributed by atoms with van der Waals surface area (Å²) in [6, 6.07) is 8.12. The van der Waals surface area contributed by atoms with Gasteiger partial charge in [0.15, 0.2) is 0 Å². The predicted octanol–water partition coefficient (Wildman–Crippen LogP) is 2.08. The minimum atomic E-state index is -0.810. The van der Waals surface area contributed by atoms with E-state index in [4.69, 9.17) is 0 Å². The highest BCUT2D eigenvalue weighted by atomic mass is 16.3. The quantitative estimate of drug-likeness (QED) is 0.679. The number of amidine groups is 1. The molecule has 0 bridgehead atoms. The standard InChI is InChI=1S/C23H24N6O2/c30-20-15(10-19(21(20)31)29-7-5-16-11-24-12-26-22(16)29)3-1-14-2-4-17-18(9-14)27-13-28-8-6-25-23(17)28/h2,4-5,7,9,11-13,15,19-21,30-31H,1,3,6,8,10H2/t15-,19+,20+,21-/m0/s1. The molecule has 1 aromatic carbocycles. The second-order valence-corrected chi connectivity index (χ2v) is 8.60. The number of fused-ring (bicyclic) bond motifs is 4. The number of aliphatic hydroxyl groups is 2. The summed E-state index contributed by atoms with van der Waals surface area (Å²) in [6.07, 6.45) is 7.87. The van der Waals surface area contributed by atoms with Crippen LogP contribution in [0.5, 0.6) is 0 Å². The zero-order valence-electron chi connectivity index (χ0n) is 17.0. The number of aliphatic hydroxyl groups excluding tert-OH is 2. The van der Waals surface area contributed by atoms with E-state index >= 15 is 0 Å². The molecule has 1 aliphatic carbocycles. The molecule has 8 heteroatoms. The monoisotopic (exact) mass is 416 g/mol. The number of rotatable bonds is 4. The van der Waals surface area contributed by atoms with Gasteiger partial charge in [0.25, 0.3) is 0 Å². The first-order valence-corrected chi connectivity index (χ1v) is 10.8. The third-order valence-corrected chi connectivity index (χ3v) is 6.82. The van der Waals surface area contributed by atoms with E-state index in [1.807, 2.05) is 23.2 Å². The molecule has 4 heterocycles. The molecule has 4 atom stereocenters. The fourth-order valence-corrected chi connectivity index (χ4v) is 5.15. The number of benzene rings is 1. The van der Waals surface area contributed by atoms with Gasteiger partial charge in [-0.05, 0) is 48.9 Å². The summed E-state index contributed by atoms with van der Waals surface area (Å²) >= 11 is 0. The molecule has 31 heavy (non-hydrogen) atoms. The molecule has 2 N–H and O–H groups in total. The van der Waals surface area contributed by atoms with Gasteiger partial charge in [0.05, 0.1) is 30.7 Å². The predicted molar refractivity (Wildman–Crippen MR) is 118 cm³/mol. The highest BCUT2D eigenvalue weighted by Crippen LogP contribution is 2.39. The van der Waals surface area contributed by atoms with Gasteiger partial charge in [-0.25, -0.2) is 15.0 Å². The van der Waals surface area contributed by atoms with Gasteiger partial charge in [0.1, 0.15) is 23.9 Å². The fourth-order valence-electron chi connectivity index (χ4n) is 5.15. The molecule has 1 saturated carbocycles. The van der Waals surface area contributed by atoms with Gasteiger partial charge in [0, 0.05) is 29.9 Å². The Labute approximate surface area is 179 Å². The van der Waals surface area contributed by atoms with Crippen LogP contribution in [-0.2, 0) is 6.42 Å². The first-order chi connectivity index (χ1) is 15.2. The molecular formula is C23H24N6O2. The minimum Gasteiger partial charge on any atom is -0.390 e. The molecule has 6 rings (SSSR count). The molecule has 0 radical (unpaired) electrons. The first kappa shape index (κ1) is 18.7. The number of hydrogen-bond acceptors (Lipinski definition) is 7. The number of aliphatic imine (C=N–C) groups is 2. The Balaban J connectivity index is 1.18. The van der Waals surface area contributed by atoms with Crippen LogP contribution in [0.4, 0.5) is 5.69 Å². The maximum absolute atomic E-state index is 10.8. The number of nitrogens with zero attached hydrogens (tertiary/aromatic N) is 6. The first-order valence-electron chi connectivity index (χ1n) is 10.8. The van der Waals surface area contributed by atoms with Gasteiger partial charge in [-0.1, -0.05) is 6.07 Å². The molecule has 0 saturated heterocycles. The second-order valence-electron chi connectivity index (χ2n) is 8.60. The van der Waals surface area contributed by atoms with Crippen molar-refractivity contribution < 1.29 is 10.2 Å². The van der Waals surface area contributed by atoms with Gasteiger partial charge in [-0.15, -0.1) is 0 Å². The van der Waals surface area contributed by atoms with Crippen LogP contribution in [0.25, 0.3) is 11.0 Å². The molecule has 1 fully saturated rings. The lowest BCUT2D eigenvalue weighted by molar-refractivity contribution is 0.00545. The SMILES string of the molecule is O[C@@H]1[C@@H](CCc2ccc3c(c2)N=CN2CCN=C32)C[C@@H](n2ccc3cncnc32)[C@@H]1O. The van der Waals surface area contributed by atoms with Crippen LogP contribution in [0.15, 0.2) is 53.0 Å². The van der Waals surface area contributed by atoms with Crippen molar-refractivity contribution in [3.63, 3.8) is 0 Å². The third kappa shape index (κ3) is 3.05. The lowest BCUT2D eigenvalue weighted by Gasteiger charge is -2.21. The summed E-state index contributed by atoms with van der Waals surface area (Å²) in [7, 11) is 0. The largest absolute Gasteiger partial charge is 0.390 e. The van der Waals surface area contributed by atoms with Crippen LogP contribution in [0, 0.1) is 5.92 Å². The Kier molecular flexibility index (Phi) is 4.36. The van der Waals surface area contributed by atoms with Gasteiger partial charge in [-0.2, -0.15) is 0 Å². The summed E-state index contributed by atoms with van der Waals surface area (Å²) in [6.45, 7) is 1.71. The molecule has 0 spiro atoms. The molecule has 3 aromatic rings. The summed E-state index contributed by atoms with van der Waals surface area (Å²) in [5, 5.41) is 22.4. The highest BCUT2D eigenvalue weighted by molar-refractivity contribution is 6.11. The smallest absolute Gasteiger partial charge is 0.143 e. The van der Waals surface area contributed by atoms with Crippen LogP contribution < -0.4 is 0 Å². The average Bonchev–Trinajstić information content (AvgIpc) is 3.51. The minimum absolute atomic E-state index is 0.0218. The van der Waals surface area contributed by atoms with E-state index in [1.54, 1.807) is 6.20 Å². The van der Waals surface area contributed by atoms with Crippen LogP contribution in [-0.4, -0.2) is 67.1 Å². The Morgan fingerprint density at radius 1 is 1.13 bits per heavy atom. The topological polar surface area (TPSA) is 99.1 Å². The lowest BCUT2D eigenvalue weighted by atomic mass is 9.95. The van der Waals surface area contributed by atoms with Crippen LogP contribution >= 0.6 is 0 Å². The van der Waals surface area contributed by atoms with Crippen LogP contribution in [0.2, 0.25) is 0 Å². The van der Waals surface area contributed by atoms with Crippen molar-refractivity contribution in [3.8, 4) is 0 Å². The van der Waals surface area contributed by atoms with Gasteiger partial charge in [0.2, 0.25) is 0 Å². The molecule has 3 aliphatic rings. The van der Waals surface area contributed by atoms with E-state index in [2.05, 4.69) is 43.1 Å². The molecule has 158 valence electrons. The van der Waals surface area contributed by atoms with Crippen molar-refractivity contribution in [2.75, 3.05) is 13.1 Å². The number of hydrogen-bond donors (Lipinski definition) is 2. The Morgan fingerprint density at radius 2 is 2.06 bits per heavy atom. The van der Waals surface area contributed by atoms with Crippen molar-refractivity contribution in [1.29, 1.82) is 0 Å². The number of aryl methyl sites for hydroxylation is 1. The maximum Gasteiger partial charge on any atom is 0.143 e. The fraction of sp³-hybridized carbons (Fsp3) is 0.391. The van der Waals surface area contributed by atoms with Crippen molar-refractivity contribution in [2.45, 2.75) is 37.5 Å². The van der Waals surface area contributed by atoms with Gasteiger partial charge in [-0.3, -0.25) is 4.99 Å². The van der Waals surface area contributed by atoms with E-state index in [9.17, 15) is 10.2 Å². The average molecular weight is 416 g/mol. The third-order valence-electron chi connectivity index (χ3n) is 6.82. The molecule has 8 nitrogen and oxygen atoms in total. The van der Waals surface area contributed by atoms with Crippen LogP contribution in [0.3, 0.4) is 0 Å². The van der Waals surface area contributed by atoms with Crippen molar-refractivity contribution in [3.05, 3.63) is 54.1 Å². The molecular weight excluding hydrogens is 392 g/mol. The van der Waals surface area contributed by atoms with Crippen LogP contribution in [0.1, 0.15) is 30.0 Å². The van der Waals surface area contributed by atoms with E-state index < -0.39 is 12.2 Å². The Hall–Kier alpha value is -3.10. The molecule has 0 amide bonds. The maximum atomic E-state index is 10.8. The van der Waals surface area contributed by atoms with Crippen molar-refractivity contribution in [2.24, 2.45) is 15.9 Å². The van der Waals surface area contributed by atoms with Crippen molar-refractivity contribution >= 4 is 28.9 Å². The lowest BCUT2D eigenvalue weighted by Crippen LogP contribution is -2.29. The van der Waals surface area contributed by atoms with E-state index in [0.717, 1.165) is 54.1 Å². The summed E-state index contributed by atoms with van der Waals surface area (Å²) in [5.74, 6) is 1.03.